The SMILES string of the molecule is CCOCCCC(NN)c1sccc1Br. The number of thiophene rings is 1. The average molecular weight is 293 g/mol. The van der Waals surface area contributed by atoms with E-state index in [9.17, 15) is 0 Å². The Balaban J connectivity index is 2.39. The van der Waals surface area contributed by atoms with Gasteiger partial charge in [-0.25, -0.2) is 0 Å². The Morgan fingerprint density at radius 1 is 1.67 bits per heavy atom. The standard InChI is InChI=1S/C10H17BrN2OS/c1-2-14-6-3-4-9(13-12)10-8(11)5-7-15-10/h5,7,9,13H,2-4,6,12H2,1H3. The van der Waals surface area contributed by atoms with Crippen molar-refractivity contribution in [3.8, 4) is 0 Å². The highest BCUT2D eigenvalue weighted by Crippen LogP contribution is 2.30. The Hall–Kier alpha value is 0.0600. The fourth-order valence-electron chi connectivity index (χ4n) is 1.38. The summed E-state index contributed by atoms with van der Waals surface area (Å²) in [6.07, 6.45) is 2.02. The zero-order chi connectivity index (χ0) is 11.1. The molecule has 1 atom stereocenters. The van der Waals surface area contributed by atoms with Crippen molar-refractivity contribution in [2.45, 2.75) is 25.8 Å². The predicted molar refractivity (Wildman–Crippen MR) is 67.8 cm³/mol. The minimum Gasteiger partial charge on any atom is -0.382 e. The zero-order valence-electron chi connectivity index (χ0n) is 8.83. The topological polar surface area (TPSA) is 47.3 Å². The van der Waals surface area contributed by atoms with E-state index >= 15 is 0 Å². The molecule has 0 aliphatic carbocycles. The number of hydrazine groups is 1. The highest BCUT2D eigenvalue weighted by atomic mass is 79.9. The molecule has 0 spiro atoms. The van der Waals surface area contributed by atoms with E-state index < -0.39 is 0 Å². The van der Waals surface area contributed by atoms with Crippen LogP contribution in [0.2, 0.25) is 0 Å². The highest BCUT2D eigenvalue weighted by Gasteiger charge is 2.13. The third kappa shape index (κ3) is 4.20. The van der Waals surface area contributed by atoms with Crippen molar-refractivity contribution in [3.63, 3.8) is 0 Å². The van der Waals surface area contributed by atoms with Gasteiger partial charge in [-0.3, -0.25) is 11.3 Å². The Labute approximate surface area is 103 Å². The van der Waals surface area contributed by atoms with E-state index in [1.165, 1.54) is 4.88 Å². The molecule has 3 nitrogen and oxygen atoms in total. The van der Waals surface area contributed by atoms with Crippen molar-refractivity contribution in [1.82, 2.24) is 5.43 Å². The number of halogens is 1. The van der Waals surface area contributed by atoms with Gasteiger partial charge >= 0.3 is 0 Å². The van der Waals surface area contributed by atoms with Crippen LogP contribution in [0.4, 0.5) is 0 Å². The van der Waals surface area contributed by atoms with Crippen LogP contribution in [0.15, 0.2) is 15.9 Å². The third-order valence-electron chi connectivity index (χ3n) is 2.15. The summed E-state index contributed by atoms with van der Waals surface area (Å²) in [4.78, 5) is 1.26. The Morgan fingerprint density at radius 2 is 2.47 bits per heavy atom. The van der Waals surface area contributed by atoms with Gasteiger partial charge in [0.05, 0.1) is 6.04 Å². The summed E-state index contributed by atoms with van der Waals surface area (Å²) in [6, 6.07) is 2.27. The first kappa shape index (κ1) is 13.1. The van der Waals surface area contributed by atoms with Crippen molar-refractivity contribution < 1.29 is 4.74 Å². The third-order valence-corrected chi connectivity index (χ3v) is 4.13. The summed E-state index contributed by atoms with van der Waals surface area (Å²) < 4.78 is 6.43. The average Bonchev–Trinajstić information content (AvgIpc) is 2.65. The first-order chi connectivity index (χ1) is 7.29. The van der Waals surface area contributed by atoms with Crippen LogP contribution in [0, 0.1) is 0 Å². The molecule has 5 heteroatoms. The van der Waals surface area contributed by atoms with Gasteiger partial charge in [0.15, 0.2) is 0 Å². The van der Waals surface area contributed by atoms with Crippen LogP contribution < -0.4 is 11.3 Å². The van der Waals surface area contributed by atoms with Crippen LogP contribution >= 0.6 is 27.3 Å². The second kappa shape index (κ2) is 7.35. The summed E-state index contributed by atoms with van der Waals surface area (Å²) >= 11 is 5.23. The van der Waals surface area contributed by atoms with E-state index in [0.29, 0.717) is 0 Å². The zero-order valence-corrected chi connectivity index (χ0v) is 11.2. The molecular weight excluding hydrogens is 276 g/mol. The molecule has 3 N–H and O–H groups in total. The molecule has 0 saturated heterocycles. The van der Waals surface area contributed by atoms with E-state index in [1.807, 2.05) is 13.0 Å². The van der Waals surface area contributed by atoms with Crippen molar-refractivity contribution >= 4 is 27.3 Å². The minimum absolute atomic E-state index is 0.222. The molecule has 0 aromatic carbocycles. The Bertz CT molecular complexity index is 280. The van der Waals surface area contributed by atoms with Crippen LogP contribution in [-0.4, -0.2) is 13.2 Å². The quantitative estimate of drug-likeness (QED) is 0.462. The van der Waals surface area contributed by atoms with Crippen molar-refractivity contribution in [3.05, 3.63) is 20.8 Å². The van der Waals surface area contributed by atoms with Gasteiger partial charge in [0.25, 0.3) is 0 Å². The largest absolute Gasteiger partial charge is 0.382 e. The van der Waals surface area contributed by atoms with Gasteiger partial charge in [-0.2, -0.15) is 0 Å². The molecule has 15 heavy (non-hydrogen) atoms. The molecule has 0 aliphatic rings. The normalized spacial score (nSPS) is 13.0. The smallest absolute Gasteiger partial charge is 0.0565 e. The Kier molecular flexibility index (Phi) is 6.43. The predicted octanol–water partition coefficient (Wildman–Crippen LogP) is 2.83. The molecule has 1 rings (SSSR count). The first-order valence-electron chi connectivity index (χ1n) is 5.06. The number of hydrogen-bond donors (Lipinski definition) is 2. The minimum atomic E-state index is 0.222. The monoisotopic (exact) mass is 292 g/mol. The fourth-order valence-corrected chi connectivity index (χ4v) is 3.12. The summed E-state index contributed by atoms with van der Waals surface area (Å²) in [5, 5.41) is 2.06. The lowest BCUT2D eigenvalue weighted by molar-refractivity contribution is 0.141. The van der Waals surface area contributed by atoms with E-state index in [2.05, 4.69) is 26.7 Å². The molecule has 1 unspecified atom stereocenters. The van der Waals surface area contributed by atoms with Crippen LogP contribution in [0.3, 0.4) is 0 Å². The Morgan fingerprint density at radius 3 is 3.00 bits per heavy atom. The van der Waals surface area contributed by atoms with E-state index in [-0.39, 0.29) is 6.04 Å². The molecule has 0 saturated carbocycles. The van der Waals surface area contributed by atoms with Gasteiger partial charge in [-0.15, -0.1) is 11.3 Å². The van der Waals surface area contributed by atoms with Gasteiger partial charge in [0.1, 0.15) is 0 Å². The summed E-state index contributed by atoms with van der Waals surface area (Å²) in [7, 11) is 0. The molecule has 0 aliphatic heterocycles. The first-order valence-corrected chi connectivity index (χ1v) is 6.73. The molecular formula is C10H17BrN2OS. The van der Waals surface area contributed by atoms with Crippen molar-refractivity contribution in [2.24, 2.45) is 5.84 Å². The second-order valence-corrected chi connectivity index (χ2v) is 4.99. The number of ether oxygens (including phenoxy) is 1. The number of nitrogens with two attached hydrogens (primary N) is 1. The van der Waals surface area contributed by atoms with Gasteiger partial charge in [0, 0.05) is 22.6 Å². The molecule has 1 heterocycles. The van der Waals surface area contributed by atoms with E-state index in [4.69, 9.17) is 10.6 Å². The van der Waals surface area contributed by atoms with Gasteiger partial charge in [-0.1, -0.05) is 0 Å². The lowest BCUT2D eigenvalue weighted by Gasteiger charge is -2.14. The molecule has 0 radical (unpaired) electrons. The van der Waals surface area contributed by atoms with Gasteiger partial charge in [-0.05, 0) is 47.1 Å². The lowest BCUT2D eigenvalue weighted by atomic mass is 10.1. The molecule has 0 amide bonds. The second-order valence-electron chi connectivity index (χ2n) is 3.19. The maximum absolute atomic E-state index is 5.54. The summed E-state index contributed by atoms with van der Waals surface area (Å²) in [5.41, 5.74) is 2.85. The fraction of sp³-hybridized carbons (Fsp3) is 0.600. The van der Waals surface area contributed by atoms with Crippen LogP contribution in [0.1, 0.15) is 30.7 Å². The van der Waals surface area contributed by atoms with E-state index in [1.54, 1.807) is 11.3 Å². The summed E-state index contributed by atoms with van der Waals surface area (Å²) in [5.74, 6) is 5.54. The van der Waals surface area contributed by atoms with Gasteiger partial charge in [0.2, 0.25) is 0 Å². The maximum Gasteiger partial charge on any atom is 0.0565 e. The number of rotatable bonds is 7. The molecule has 0 bridgehead atoms. The van der Waals surface area contributed by atoms with Crippen LogP contribution in [0.25, 0.3) is 0 Å². The number of hydrogen-bond acceptors (Lipinski definition) is 4. The van der Waals surface area contributed by atoms with Crippen molar-refractivity contribution in [2.75, 3.05) is 13.2 Å². The van der Waals surface area contributed by atoms with Crippen LogP contribution in [0.5, 0.6) is 0 Å². The summed E-state index contributed by atoms with van der Waals surface area (Å²) in [6.45, 7) is 3.59. The molecule has 86 valence electrons. The van der Waals surface area contributed by atoms with Crippen LogP contribution in [-0.2, 0) is 4.74 Å². The van der Waals surface area contributed by atoms with E-state index in [0.717, 1.165) is 30.5 Å². The molecule has 0 fully saturated rings. The van der Waals surface area contributed by atoms with Gasteiger partial charge < -0.3 is 4.74 Å². The molecule has 1 aromatic heterocycles. The highest BCUT2D eigenvalue weighted by molar-refractivity contribution is 9.10. The lowest BCUT2D eigenvalue weighted by Crippen LogP contribution is -2.27. The molecule has 1 aromatic rings. The van der Waals surface area contributed by atoms with Crippen molar-refractivity contribution in [1.29, 1.82) is 0 Å². The maximum atomic E-state index is 5.54. The number of nitrogens with one attached hydrogen (secondary N) is 1.